The van der Waals surface area contributed by atoms with Crippen LogP contribution < -0.4 is 10.1 Å². The number of nitrogens with zero attached hydrogens (tertiary/aromatic N) is 1. The van der Waals surface area contributed by atoms with E-state index in [1.54, 1.807) is 6.20 Å². The average Bonchev–Trinajstić information content (AvgIpc) is 2.54. The van der Waals surface area contributed by atoms with Gasteiger partial charge in [-0.1, -0.05) is 33.1 Å². The van der Waals surface area contributed by atoms with Crippen molar-refractivity contribution in [2.45, 2.75) is 72.3 Å². The number of aromatic nitrogens is 1. The Kier molecular flexibility index (Phi) is 8.76. The van der Waals surface area contributed by atoms with E-state index >= 15 is 0 Å². The first-order valence-corrected chi connectivity index (χ1v) is 9.01. The Hall–Kier alpha value is -1.62. The maximum Gasteiger partial charge on any atom is 0.256 e. The normalized spacial score (nSPS) is 13.4. The van der Waals surface area contributed by atoms with Gasteiger partial charge in [-0.05, 0) is 39.7 Å². The number of aryl methyl sites for hydroxylation is 1. The molecule has 0 bridgehead atoms. The summed E-state index contributed by atoms with van der Waals surface area (Å²) in [5.41, 5.74) is 0.767. The van der Waals surface area contributed by atoms with Gasteiger partial charge in [0.2, 0.25) is 5.88 Å². The summed E-state index contributed by atoms with van der Waals surface area (Å²) < 4.78 is 11.3. The van der Waals surface area contributed by atoms with Gasteiger partial charge in [-0.15, -0.1) is 0 Å². The standard InChI is InChI=1S/C19H32N2O3/c1-6-9-10-11-19(5,24-8-3)18(22)21-16-13-15(4)17(20-14-16)23-12-7-2/h13-14H,6-12H2,1-5H3,(H,21,22). The highest BCUT2D eigenvalue weighted by Crippen LogP contribution is 2.24. The van der Waals surface area contributed by atoms with Crippen LogP contribution in [0.2, 0.25) is 0 Å². The minimum atomic E-state index is -0.810. The summed E-state index contributed by atoms with van der Waals surface area (Å²) in [5.74, 6) is 0.495. The number of carbonyl (C=O) groups is 1. The van der Waals surface area contributed by atoms with Crippen LogP contribution in [0.4, 0.5) is 5.69 Å². The van der Waals surface area contributed by atoms with Crippen molar-refractivity contribution < 1.29 is 14.3 Å². The first-order valence-electron chi connectivity index (χ1n) is 9.01. The summed E-state index contributed by atoms with van der Waals surface area (Å²) in [6.07, 6.45) is 6.47. The van der Waals surface area contributed by atoms with E-state index in [9.17, 15) is 4.79 Å². The first-order chi connectivity index (χ1) is 11.5. The number of pyridine rings is 1. The zero-order valence-electron chi connectivity index (χ0n) is 15.8. The van der Waals surface area contributed by atoms with E-state index in [0.717, 1.165) is 31.2 Å². The predicted molar refractivity (Wildman–Crippen MR) is 97.6 cm³/mol. The van der Waals surface area contributed by atoms with E-state index < -0.39 is 5.60 Å². The van der Waals surface area contributed by atoms with Gasteiger partial charge in [0.1, 0.15) is 5.60 Å². The molecule has 0 radical (unpaired) electrons. The van der Waals surface area contributed by atoms with Gasteiger partial charge >= 0.3 is 0 Å². The SMILES string of the molecule is CCCCCC(C)(OCC)C(=O)Nc1cnc(OCCC)c(C)c1. The summed E-state index contributed by atoms with van der Waals surface area (Å²) in [6, 6.07) is 1.88. The van der Waals surface area contributed by atoms with E-state index in [1.165, 1.54) is 0 Å². The second-order valence-corrected chi connectivity index (χ2v) is 6.27. The maximum atomic E-state index is 12.7. The highest BCUT2D eigenvalue weighted by molar-refractivity contribution is 5.97. The number of amides is 1. The van der Waals surface area contributed by atoms with Crippen LogP contribution in [0.1, 0.15) is 65.4 Å². The van der Waals surface area contributed by atoms with Crippen molar-refractivity contribution in [3.8, 4) is 5.88 Å². The zero-order valence-corrected chi connectivity index (χ0v) is 15.8. The molecule has 5 heteroatoms. The molecule has 0 aliphatic rings. The number of unbranched alkanes of at least 4 members (excludes halogenated alkanes) is 2. The monoisotopic (exact) mass is 336 g/mol. The van der Waals surface area contributed by atoms with Crippen molar-refractivity contribution in [2.75, 3.05) is 18.5 Å². The molecular formula is C19H32N2O3. The van der Waals surface area contributed by atoms with E-state index in [1.807, 2.05) is 26.8 Å². The molecule has 0 aliphatic heterocycles. The van der Waals surface area contributed by atoms with Gasteiger partial charge in [-0.3, -0.25) is 4.79 Å². The third kappa shape index (κ3) is 6.11. The molecule has 0 saturated carbocycles. The fraction of sp³-hybridized carbons (Fsp3) is 0.684. The molecule has 1 N–H and O–H groups in total. The zero-order chi connectivity index (χ0) is 18.0. The van der Waals surface area contributed by atoms with Crippen LogP contribution in [-0.2, 0) is 9.53 Å². The van der Waals surface area contributed by atoms with Crippen LogP contribution in [0, 0.1) is 6.92 Å². The molecule has 0 fully saturated rings. The maximum absolute atomic E-state index is 12.7. The third-order valence-electron chi connectivity index (χ3n) is 3.93. The second kappa shape index (κ2) is 10.3. The Morgan fingerprint density at radius 2 is 2.00 bits per heavy atom. The Labute approximate surface area is 146 Å². The molecule has 0 spiro atoms. The van der Waals surface area contributed by atoms with Crippen LogP contribution in [0.5, 0.6) is 5.88 Å². The molecule has 1 aromatic rings. The number of ether oxygens (including phenoxy) is 2. The quantitative estimate of drug-likeness (QED) is 0.605. The molecular weight excluding hydrogens is 304 g/mol. The van der Waals surface area contributed by atoms with Crippen LogP contribution in [0.3, 0.4) is 0 Å². The van der Waals surface area contributed by atoms with Crippen LogP contribution >= 0.6 is 0 Å². The number of hydrogen-bond donors (Lipinski definition) is 1. The minimum Gasteiger partial charge on any atom is -0.477 e. The van der Waals surface area contributed by atoms with Gasteiger partial charge in [0.25, 0.3) is 5.91 Å². The number of anilines is 1. The van der Waals surface area contributed by atoms with Crippen molar-refractivity contribution in [1.29, 1.82) is 0 Å². The molecule has 1 heterocycles. The highest BCUT2D eigenvalue weighted by atomic mass is 16.5. The van der Waals surface area contributed by atoms with Gasteiger partial charge in [0.15, 0.2) is 0 Å². The van der Waals surface area contributed by atoms with Crippen molar-refractivity contribution in [2.24, 2.45) is 0 Å². The van der Waals surface area contributed by atoms with Crippen LogP contribution in [0.15, 0.2) is 12.3 Å². The van der Waals surface area contributed by atoms with Crippen molar-refractivity contribution in [3.63, 3.8) is 0 Å². The molecule has 1 aromatic heterocycles. The van der Waals surface area contributed by atoms with Gasteiger partial charge in [0.05, 0.1) is 18.5 Å². The largest absolute Gasteiger partial charge is 0.477 e. The van der Waals surface area contributed by atoms with Crippen molar-refractivity contribution in [3.05, 3.63) is 17.8 Å². The van der Waals surface area contributed by atoms with E-state index in [4.69, 9.17) is 9.47 Å². The van der Waals surface area contributed by atoms with E-state index in [2.05, 4.69) is 24.1 Å². The summed E-state index contributed by atoms with van der Waals surface area (Å²) in [7, 11) is 0. The molecule has 0 aromatic carbocycles. The summed E-state index contributed by atoms with van der Waals surface area (Å²) in [4.78, 5) is 17.0. The number of hydrogen-bond acceptors (Lipinski definition) is 4. The fourth-order valence-corrected chi connectivity index (χ4v) is 2.53. The lowest BCUT2D eigenvalue weighted by atomic mass is 9.96. The lowest BCUT2D eigenvalue weighted by molar-refractivity contribution is -0.139. The van der Waals surface area contributed by atoms with E-state index in [-0.39, 0.29) is 5.91 Å². The predicted octanol–water partition coefficient (Wildman–Crippen LogP) is 4.49. The molecule has 1 atom stereocenters. The summed E-state index contributed by atoms with van der Waals surface area (Å²) >= 11 is 0. The lowest BCUT2D eigenvalue weighted by Gasteiger charge is -2.28. The van der Waals surface area contributed by atoms with Crippen molar-refractivity contribution >= 4 is 11.6 Å². The topological polar surface area (TPSA) is 60.5 Å². The first kappa shape index (κ1) is 20.4. The van der Waals surface area contributed by atoms with Crippen LogP contribution in [0.25, 0.3) is 0 Å². The van der Waals surface area contributed by atoms with Gasteiger partial charge in [-0.2, -0.15) is 0 Å². The van der Waals surface area contributed by atoms with Crippen LogP contribution in [-0.4, -0.2) is 29.7 Å². The number of nitrogens with one attached hydrogen (secondary N) is 1. The molecule has 5 nitrogen and oxygen atoms in total. The molecule has 0 saturated heterocycles. The third-order valence-corrected chi connectivity index (χ3v) is 3.93. The Morgan fingerprint density at radius 3 is 2.58 bits per heavy atom. The fourth-order valence-electron chi connectivity index (χ4n) is 2.53. The Morgan fingerprint density at radius 1 is 1.25 bits per heavy atom. The molecule has 136 valence electrons. The smallest absolute Gasteiger partial charge is 0.256 e. The van der Waals surface area contributed by atoms with Gasteiger partial charge in [-0.25, -0.2) is 4.98 Å². The minimum absolute atomic E-state index is 0.121. The second-order valence-electron chi connectivity index (χ2n) is 6.27. The summed E-state index contributed by atoms with van der Waals surface area (Å²) in [6.45, 7) is 11.1. The molecule has 1 amide bonds. The molecule has 24 heavy (non-hydrogen) atoms. The average molecular weight is 336 g/mol. The van der Waals surface area contributed by atoms with Gasteiger partial charge in [0, 0.05) is 12.2 Å². The number of rotatable bonds is 11. The number of carbonyl (C=O) groups excluding carboxylic acids is 1. The Bertz CT molecular complexity index is 519. The van der Waals surface area contributed by atoms with Crippen molar-refractivity contribution in [1.82, 2.24) is 4.98 Å². The lowest BCUT2D eigenvalue weighted by Crippen LogP contribution is -2.42. The molecule has 0 aliphatic carbocycles. The molecule has 1 rings (SSSR count). The van der Waals surface area contributed by atoms with E-state index in [0.29, 0.717) is 31.2 Å². The highest BCUT2D eigenvalue weighted by Gasteiger charge is 2.33. The Balaban J connectivity index is 2.77. The summed E-state index contributed by atoms with van der Waals surface area (Å²) in [5, 5.41) is 2.94. The molecule has 1 unspecified atom stereocenters. The van der Waals surface area contributed by atoms with Gasteiger partial charge < -0.3 is 14.8 Å².